The van der Waals surface area contributed by atoms with E-state index in [0.29, 0.717) is 32.9 Å². The Morgan fingerprint density at radius 1 is 0.657 bits per heavy atom. The number of aromatic nitrogens is 3. The van der Waals surface area contributed by atoms with E-state index in [1.54, 1.807) is 12.3 Å². The molecule has 0 N–H and O–H groups in total. The second kappa shape index (κ2) is 18.1. The maximum absolute atomic E-state index is 16.6. The van der Waals surface area contributed by atoms with Gasteiger partial charge in [-0.25, -0.2) is 4.39 Å². The first-order chi connectivity index (χ1) is 31.9. The van der Waals surface area contributed by atoms with Crippen LogP contribution in [0.1, 0.15) is 77.0 Å². The number of rotatable bonds is 6. The second-order valence-corrected chi connectivity index (χ2v) is 18.7. The Labute approximate surface area is 403 Å². The molecule has 3 heterocycles. The Morgan fingerprint density at radius 3 is 2.09 bits per heavy atom. The number of nitrogens with zero attached hydrogens (tertiary/aromatic N) is 3. The van der Waals surface area contributed by atoms with E-state index in [4.69, 9.17) is 9.40 Å². The number of halogens is 2. The molecule has 0 bridgehead atoms. The van der Waals surface area contributed by atoms with E-state index >= 15 is 4.39 Å². The molecule has 0 atom stereocenters. The molecule has 0 saturated heterocycles. The number of furan rings is 1. The van der Waals surface area contributed by atoms with E-state index in [1.165, 1.54) is 39.9 Å². The summed E-state index contributed by atoms with van der Waals surface area (Å²) in [6.45, 7) is 15.5. The summed E-state index contributed by atoms with van der Waals surface area (Å²) in [5.74, 6) is 0.626. The van der Waals surface area contributed by atoms with Crippen LogP contribution in [-0.2, 0) is 25.5 Å². The standard InChI is InChI=1S/C45H34FN2O.C15H15FN.Ir/c1-26(2)35-23-30(28-13-6-5-7-14-28)24-36(27(3)4)43(35)48-39-20-11-10-19-38(39)47-45(48)34-18-12-17-33-41-40(49-44(33)34)25-37-31-16-9-8-15-29(31)21-22-32(37)42(41)46;1-15(2,3)12-8-9-17-14(10-12)11-4-6-13(16)7-5-11;/h5-17,19-27H,1-4H3;4,6-10H,1-3H3;/q2*-1;. The van der Waals surface area contributed by atoms with Crippen molar-refractivity contribution in [1.82, 2.24) is 14.5 Å². The summed E-state index contributed by atoms with van der Waals surface area (Å²) in [5.41, 5.74) is 12.6. The monoisotopic (exact) mass is 1060 g/mol. The predicted molar refractivity (Wildman–Crippen MR) is 268 cm³/mol. The molecule has 8 aromatic carbocycles. The van der Waals surface area contributed by atoms with Crippen molar-refractivity contribution >= 4 is 54.5 Å². The van der Waals surface area contributed by atoms with Gasteiger partial charge < -0.3 is 14.0 Å². The Balaban J connectivity index is 0.000000264. The van der Waals surface area contributed by atoms with Crippen molar-refractivity contribution in [2.24, 2.45) is 0 Å². The van der Waals surface area contributed by atoms with Crippen molar-refractivity contribution in [1.29, 1.82) is 0 Å². The molecule has 0 spiro atoms. The zero-order chi connectivity index (χ0) is 45.9. The molecule has 0 saturated carbocycles. The number of hydrogen-bond donors (Lipinski definition) is 0. The van der Waals surface area contributed by atoms with E-state index in [9.17, 15) is 4.39 Å². The fourth-order valence-electron chi connectivity index (χ4n) is 9.13. The molecule has 67 heavy (non-hydrogen) atoms. The van der Waals surface area contributed by atoms with Crippen molar-refractivity contribution in [2.45, 2.75) is 65.7 Å². The SMILES string of the molecule is CC(C)(C)c1ccnc(-c2[c-]cc(F)cc2)c1.CC(C)c1cc(-c2ccccc2)cc(C(C)C)c1-n1c(-c2[c-]ccc3c2oc2cc4c(ccc5ccccc54)c(F)c23)nc2ccccc21.[Ir]. The van der Waals surface area contributed by atoms with Gasteiger partial charge >= 0.3 is 0 Å². The van der Waals surface area contributed by atoms with Crippen molar-refractivity contribution < 1.29 is 33.3 Å². The van der Waals surface area contributed by atoms with E-state index in [-0.39, 0.29) is 49.0 Å². The first kappa shape index (κ1) is 45.4. The van der Waals surface area contributed by atoms with Gasteiger partial charge in [-0.05, 0) is 103 Å². The van der Waals surface area contributed by atoms with Gasteiger partial charge in [0.25, 0.3) is 0 Å². The van der Waals surface area contributed by atoms with Crippen molar-refractivity contribution in [3.05, 3.63) is 198 Å². The Morgan fingerprint density at radius 2 is 1.37 bits per heavy atom. The number of hydrogen-bond acceptors (Lipinski definition) is 3. The number of benzene rings is 8. The van der Waals surface area contributed by atoms with Gasteiger partial charge in [-0.3, -0.25) is 9.37 Å². The summed E-state index contributed by atoms with van der Waals surface area (Å²) >= 11 is 0. The zero-order valence-corrected chi connectivity index (χ0v) is 40.9. The quantitative estimate of drug-likeness (QED) is 0.123. The van der Waals surface area contributed by atoms with Crippen LogP contribution in [0.2, 0.25) is 0 Å². The fraction of sp³-hybridized carbons (Fsp3) is 0.167. The van der Waals surface area contributed by atoms with Crippen LogP contribution in [0.25, 0.3) is 94.0 Å². The minimum atomic E-state index is -0.277. The van der Waals surface area contributed by atoms with Crippen molar-refractivity contribution in [2.75, 3.05) is 0 Å². The van der Waals surface area contributed by atoms with Gasteiger partial charge in [0.2, 0.25) is 0 Å². The molecule has 0 fully saturated rings. The minimum absolute atomic E-state index is 0. The maximum Gasteiger partial charge on any atom is 0.141 e. The number of imidazole rings is 1. The molecule has 335 valence electrons. The average molecular weight is 1060 g/mol. The van der Waals surface area contributed by atoms with Gasteiger partial charge in [-0.1, -0.05) is 144 Å². The first-order valence-electron chi connectivity index (χ1n) is 22.6. The Bertz CT molecular complexity index is 3570. The Hall–Kier alpha value is -6.79. The van der Waals surface area contributed by atoms with Crippen LogP contribution in [-0.4, -0.2) is 14.5 Å². The van der Waals surface area contributed by atoms with Gasteiger partial charge in [0, 0.05) is 48.6 Å². The molecule has 11 rings (SSSR count). The van der Waals surface area contributed by atoms with Gasteiger partial charge in [-0.2, -0.15) is 0 Å². The molecule has 3 aromatic heterocycles. The molecule has 4 nitrogen and oxygen atoms in total. The second-order valence-electron chi connectivity index (χ2n) is 18.7. The molecular weight excluding hydrogens is 1010 g/mol. The van der Waals surface area contributed by atoms with E-state index in [1.807, 2.05) is 72.8 Å². The molecular formula is C60H49F2IrN3O-2. The molecule has 7 heteroatoms. The normalized spacial score (nSPS) is 11.8. The summed E-state index contributed by atoms with van der Waals surface area (Å²) in [4.78, 5) is 9.56. The number of fused-ring (bicyclic) bond motifs is 7. The molecule has 1 radical (unpaired) electrons. The Kier molecular flexibility index (Phi) is 12.3. The zero-order valence-electron chi connectivity index (χ0n) is 38.5. The van der Waals surface area contributed by atoms with Gasteiger partial charge in [-0.15, -0.1) is 48.0 Å². The third-order valence-electron chi connectivity index (χ3n) is 12.6. The van der Waals surface area contributed by atoms with E-state index in [0.717, 1.165) is 50.0 Å². The number of para-hydroxylation sites is 2. The van der Waals surface area contributed by atoms with Crippen LogP contribution in [0.15, 0.2) is 162 Å². The maximum atomic E-state index is 16.6. The van der Waals surface area contributed by atoms with Gasteiger partial charge in [0.1, 0.15) is 11.4 Å². The van der Waals surface area contributed by atoms with Crippen LogP contribution in [0.4, 0.5) is 8.78 Å². The van der Waals surface area contributed by atoms with Crippen LogP contribution < -0.4 is 0 Å². The largest absolute Gasteiger partial charge is 0.500 e. The molecule has 0 unspecified atom stereocenters. The van der Waals surface area contributed by atoms with Crippen LogP contribution >= 0.6 is 0 Å². The predicted octanol–water partition coefficient (Wildman–Crippen LogP) is 16.7. The molecule has 11 aromatic rings. The summed E-state index contributed by atoms with van der Waals surface area (Å²) in [5, 5.41) is 4.67. The van der Waals surface area contributed by atoms with Crippen LogP contribution in [0.3, 0.4) is 0 Å². The molecule has 0 aliphatic rings. The van der Waals surface area contributed by atoms with Gasteiger partial charge in [0.05, 0.1) is 22.4 Å². The molecule has 0 amide bonds. The minimum Gasteiger partial charge on any atom is -0.500 e. The summed E-state index contributed by atoms with van der Waals surface area (Å²) in [7, 11) is 0. The van der Waals surface area contributed by atoms with Gasteiger partial charge in [0.15, 0.2) is 0 Å². The average Bonchev–Trinajstić information content (AvgIpc) is 3.90. The van der Waals surface area contributed by atoms with E-state index < -0.39 is 0 Å². The summed E-state index contributed by atoms with van der Waals surface area (Å²) < 4.78 is 38.3. The fourth-order valence-corrected chi connectivity index (χ4v) is 9.13. The topological polar surface area (TPSA) is 43.9 Å². The van der Waals surface area contributed by atoms with Crippen LogP contribution in [0.5, 0.6) is 0 Å². The smallest absolute Gasteiger partial charge is 0.141 e. The summed E-state index contributed by atoms with van der Waals surface area (Å²) in [6.07, 6.45) is 1.78. The number of pyridine rings is 1. The third-order valence-corrected chi connectivity index (χ3v) is 12.6. The molecule has 0 aliphatic heterocycles. The first-order valence-corrected chi connectivity index (χ1v) is 22.6. The molecule has 0 aliphatic carbocycles. The van der Waals surface area contributed by atoms with E-state index in [2.05, 4.69) is 131 Å². The third kappa shape index (κ3) is 8.36. The van der Waals surface area contributed by atoms with Crippen molar-refractivity contribution in [3.8, 4) is 39.5 Å². The van der Waals surface area contributed by atoms with Crippen molar-refractivity contribution in [3.63, 3.8) is 0 Å². The summed E-state index contributed by atoms with van der Waals surface area (Å²) in [6, 6.07) is 56.1. The van der Waals surface area contributed by atoms with Crippen LogP contribution in [0, 0.1) is 23.8 Å².